The third kappa shape index (κ3) is 3.77. The second-order valence-electron chi connectivity index (χ2n) is 3.22. The molecule has 0 aromatic carbocycles. The molecule has 1 aromatic heterocycles. The molecule has 80 valence electrons. The molecule has 0 aliphatic heterocycles. The Morgan fingerprint density at radius 3 is 2.71 bits per heavy atom. The molecule has 1 N–H and O–H groups in total. The molecule has 0 aliphatic carbocycles. The quantitative estimate of drug-likeness (QED) is 0.837. The highest BCUT2D eigenvalue weighted by atomic mass is 32.2. The van der Waals surface area contributed by atoms with E-state index in [-0.39, 0.29) is 11.8 Å². The van der Waals surface area contributed by atoms with E-state index in [0.717, 1.165) is 11.4 Å². The Morgan fingerprint density at radius 1 is 1.57 bits per heavy atom. The predicted octanol–water partition coefficient (Wildman–Crippen LogP) is 1.44. The standard InChI is InChI=1S/C9H15NO2S2/c1-3-10-8(7-14(2,11)12)9-5-4-6-13-9/h4-6,8,10H,3,7H2,1-2H3. The van der Waals surface area contributed by atoms with Crippen LogP contribution in [0.15, 0.2) is 17.5 Å². The van der Waals surface area contributed by atoms with Gasteiger partial charge in [-0.3, -0.25) is 0 Å². The van der Waals surface area contributed by atoms with Crippen molar-refractivity contribution in [1.29, 1.82) is 0 Å². The minimum absolute atomic E-state index is 0.0602. The molecule has 0 spiro atoms. The van der Waals surface area contributed by atoms with E-state index in [1.165, 1.54) is 6.26 Å². The van der Waals surface area contributed by atoms with Crippen LogP contribution in [-0.4, -0.2) is 27.0 Å². The smallest absolute Gasteiger partial charge is 0.149 e. The predicted molar refractivity (Wildman–Crippen MR) is 60.4 cm³/mol. The molecule has 1 aromatic rings. The van der Waals surface area contributed by atoms with Crippen LogP contribution in [0.25, 0.3) is 0 Å². The minimum atomic E-state index is -2.93. The summed E-state index contributed by atoms with van der Waals surface area (Å²) in [6, 6.07) is 3.84. The van der Waals surface area contributed by atoms with Crippen molar-refractivity contribution in [3.05, 3.63) is 22.4 Å². The molecule has 14 heavy (non-hydrogen) atoms. The normalized spacial score (nSPS) is 14.1. The summed E-state index contributed by atoms with van der Waals surface area (Å²) in [6.07, 6.45) is 1.27. The highest BCUT2D eigenvalue weighted by molar-refractivity contribution is 7.90. The zero-order chi connectivity index (χ0) is 10.6. The topological polar surface area (TPSA) is 46.2 Å². The van der Waals surface area contributed by atoms with Crippen molar-refractivity contribution in [2.24, 2.45) is 0 Å². The zero-order valence-corrected chi connectivity index (χ0v) is 9.99. The van der Waals surface area contributed by atoms with Gasteiger partial charge >= 0.3 is 0 Å². The SMILES string of the molecule is CCNC(CS(C)(=O)=O)c1cccs1. The number of rotatable bonds is 5. The number of hydrogen-bond donors (Lipinski definition) is 1. The number of sulfone groups is 1. The Kier molecular flexibility index (Phi) is 4.10. The van der Waals surface area contributed by atoms with Gasteiger partial charge in [0.15, 0.2) is 0 Å². The van der Waals surface area contributed by atoms with Gasteiger partial charge < -0.3 is 5.32 Å². The van der Waals surface area contributed by atoms with Crippen molar-refractivity contribution in [1.82, 2.24) is 5.32 Å². The fourth-order valence-corrected chi connectivity index (χ4v) is 3.09. The fraction of sp³-hybridized carbons (Fsp3) is 0.556. The first kappa shape index (κ1) is 11.7. The lowest BCUT2D eigenvalue weighted by Crippen LogP contribution is -2.26. The van der Waals surface area contributed by atoms with E-state index in [4.69, 9.17) is 0 Å². The second-order valence-corrected chi connectivity index (χ2v) is 6.38. The molecule has 0 aliphatic rings. The van der Waals surface area contributed by atoms with Crippen molar-refractivity contribution in [2.45, 2.75) is 13.0 Å². The Morgan fingerprint density at radius 2 is 2.29 bits per heavy atom. The first-order valence-electron chi connectivity index (χ1n) is 4.47. The van der Waals surface area contributed by atoms with Crippen LogP contribution in [-0.2, 0) is 9.84 Å². The van der Waals surface area contributed by atoms with Gasteiger partial charge in [-0.15, -0.1) is 11.3 Å². The largest absolute Gasteiger partial charge is 0.309 e. The molecule has 5 heteroatoms. The summed E-state index contributed by atoms with van der Waals surface area (Å²) in [5.41, 5.74) is 0. The van der Waals surface area contributed by atoms with Crippen molar-refractivity contribution in [2.75, 3.05) is 18.6 Å². The summed E-state index contributed by atoms with van der Waals surface area (Å²) in [5, 5.41) is 5.13. The Bertz CT molecular complexity index is 356. The van der Waals surface area contributed by atoms with Crippen LogP contribution in [0.3, 0.4) is 0 Å². The Labute approximate surface area is 89.1 Å². The molecule has 0 fully saturated rings. The fourth-order valence-electron chi connectivity index (χ4n) is 1.28. The number of hydrogen-bond acceptors (Lipinski definition) is 4. The summed E-state index contributed by atoms with van der Waals surface area (Å²) >= 11 is 1.58. The molecular weight excluding hydrogens is 218 g/mol. The molecule has 1 unspecified atom stereocenters. The van der Waals surface area contributed by atoms with Gasteiger partial charge in [0.25, 0.3) is 0 Å². The molecule has 0 amide bonds. The van der Waals surface area contributed by atoms with Gasteiger partial charge in [0, 0.05) is 11.1 Å². The van der Waals surface area contributed by atoms with Gasteiger partial charge in [-0.1, -0.05) is 13.0 Å². The molecule has 1 atom stereocenters. The van der Waals surface area contributed by atoms with E-state index in [1.54, 1.807) is 11.3 Å². The molecule has 0 saturated heterocycles. The monoisotopic (exact) mass is 233 g/mol. The van der Waals surface area contributed by atoms with Crippen molar-refractivity contribution < 1.29 is 8.42 Å². The van der Waals surface area contributed by atoms with Crippen LogP contribution in [0, 0.1) is 0 Å². The maximum absolute atomic E-state index is 11.2. The third-order valence-corrected chi connectivity index (χ3v) is 3.73. The van der Waals surface area contributed by atoms with E-state index in [0.29, 0.717) is 0 Å². The molecule has 1 heterocycles. The van der Waals surface area contributed by atoms with Crippen LogP contribution in [0.5, 0.6) is 0 Å². The van der Waals surface area contributed by atoms with Crippen LogP contribution >= 0.6 is 11.3 Å². The minimum Gasteiger partial charge on any atom is -0.309 e. The Balaban J connectivity index is 2.75. The summed E-state index contributed by atoms with van der Waals surface area (Å²) in [4.78, 5) is 1.08. The average Bonchev–Trinajstić information content (AvgIpc) is 2.52. The van der Waals surface area contributed by atoms with Gasteiger partial charge in [-0.05, 0) is 18.0 Å². The van der Waals surface area contributed by atoms with Gasteiger partial charge in [-0.2, -0.15) is 0 Å². The summed E-state index contributed by atoms with van der Waals surface area (Å²) < 4.78 is 22.4. The number of thiophene rings is 1. The molecular formula is C9H15NO2S2. The lowest BCUT2D eigenvalue weighted by Gasteiger charge is -2.14. The van der Waals surface area contributed by atoms with Gasteiger partial charge in [-0.25, -0.2) is 8.42 Å². The van der Waals surface area contributed by atoms with Crippen molar-refractivity contribution in [3.8, 4) is 0 Å². The maximum atomic E-state index is 11.2. The van der Waals surface area contributed by atoms with Crippen LogP contribution in [0.1, 0.15) is 17.8 Å². The lowest BCUT2D eigenvalue weighted by atomic mass is 10.3. The lowest BCUT2D eigenvalue weighted by molar-refractivity contribution is 0.567. The van der Waals surface area contributed by atoms with Gasteiger partial charge in [0.05, 0.1) is 11.8 Å². The summed E-state index contributed by atoms with van der Waals surface area (Å²) in [5.74, 6) is 0.168. The van der Waals surface area contributed by atoms with E-state index in [1.807, 2.05) is 24.4 Å². The number of nitrogens with one attached hydrogen (secondary N) is 1. The maximum Gasteiger partial charge on any atom is 0.149 e. The average molecular weight is 233 g/mol. The molecule has 0 saturated carbocycles. The first-order chi connectivity index (χ1) is 6.53. The molecule has 0 radical (unpaired) electrons. The second kappa shape index (κ2) is 4.91. The van der Waals surface area contributed by atoms with E-state index in [9.17, 15) is 8.42 Å². The zero-order valence-electron chi connectivity index (χ0n) is 8.36. The Hall–Kier alpha value is -0.390. The summed E-state index contributed by atoms with van der Waals surface area (Å²) in [7, 11) is -2.93. The van der Waals surface area contributed by atoms with Crippen LogP contribution < -0.4 is 5.32 Å². The highest BCUT2D eigenvalue weighted by Crippen LogP contribution is 2.20. The van der Waals surface area contributed by atoms with Crippen LogP contribution in [0.4, 0.5) is 0 Å². The summed E-state index contributed by atoms with van der Waals surface area (Å²) in [6.45, 7) is 2.75. The van der Waals surface area contributed by atoms with E-state index in [2.05, 4.69) is 5.32 Å². The highest BCUT2D eigenvalue weighted by Gasteiger charge is 2.16. The van der Waals surface area contributed by atoms with Crippen molar-refractivity contribution >= 4 is 21.2 Å². The molecule has 3 nitrogen and oxygen atoms in total. The third-order valence-electron chi connectivity index (χ3n) is 1.81. The molecule has 1 rings (SSSR count). The first-order valence-corrected chi connectivity index (χ1v) is 7.41. The van der Waals surface area contributed by atoms with E-state index < -0.39 is 9.84 Å². The van der Waals surface area contributed by atoms with Crippen LogP contribution in [0.2, 0.25) is 0 Å². The van der Waals surface area contributed by atoms with Crippen molar-refractivity contribution in [3.63, 3.8) is 0 Å². The van der Waals surface area contributed by atoms with Gasteiger partial charge in [0.2, 0.25) is 0 Å². The van der Waals surface area contributed by atoms with Gasteiger partial charge in [0.1, 0.15) is 9.84 Å². The van der Waals surface area contributed by atoms with E-state index >= 15 is 0 Å². The molecule has 0 bridgehead atoms.